The van der Waals surface area contributed by atoms with Crippen molar-refractivity contribution in [2.45, 2.75) is 0 Å². The highest BCUT2D eigenvalue weighted by molar-refractivity contribution is 8.13. The molecule has 2 amide bonds. The molecule has 1 aliphatic heterocycles. The van der Waals surface area contributed by atoms with Gasteiger partial charge < -0.3 is 0 Å². The van der Waals surface area contributed by atoms with Gasteiger partial charge in [0, 0.05) is 12.1 Å². The van der Waals surface area contributed by atoms with Crippen LogP contribution in [0, 0.1) is 0 Å². The van der Waals surface area contributed by atoms with E-state index in [0.29, 0.717) is 27.0 Å². The summed E-state index contributed by atoms with van der Waals surface area (Å²) >= 11 is 7.31. The van der Waals surface area contributed by atoms with Crippen molar-refractivity contribution in [1.29, 1.82) is 0 Å². The smallest absolute Gasteiger partial charge is 0.267 e. The van der Waals surface area contributed by atoms with E-state index in [1.54, 1.807) is 55.6 Å². The topological polar surface area (TPSA) is 53.0 Å². The lowest BCUT2D eigenvalue weighted by atomic mass is 10.1. The van der Waals surface area contributed by atoms with Crippen molar-refractivity contribution in [2.24, 2.45) is 4.99 Å². The van der Waals surface area contributed by atoms with Gasteiger partial charge in [0.1, 0.15) is 0 Å². The van der Waals surface area contributed by atoms with E-state index < -0.39 is 0 Å². The van der Waals surface area contributed by atoms with Crippen molar-refractivity contribution in [3.05, 3.63) is 64.7 Å². The van der Waals surface area contributed by atoms with Gasteiger partial charge in [0.15, 0.2) is 5.17 Å². The van der Waals surface area contributed by atoms with Crippen LogP contribution in [-0.4, -0.2) is 40.3 Å². The number of nitrogens with zero attached hydrogens (tertiary/aromatic N) is 3. The first-order valence-corrected chi connectivity index (χ1v) is 8.73. The third-order valence-corrected chi connectivity index (χ3v) is 4.52. The number of amides is 2. The molecule has 0 spiro atoms. The quantitative estimate of drug-likeness (QED) is 0.464. The Hall–Kier alpha value is -2.31. The van der Waals surface area contributed by atoms with Crippen molar-refractivity contribution >= 4 is 46.0 Å². The average molecular weight is 360 g/mol. The molecule has 3 rings (SSSR count). The maximum Gasteiger partial charge on any atom is 0.280 e. The minimum absolute atomic E-state index is 0.356. The number of halogens is 1. The Kier molecular flexibility index (Phi) is 4.59. The van der Waals surface area contributed by atoms with Gasteiger partial charge >= 0.3 is 0 Å². The Bertz CT molecular complexity index is 818. The number of aliphatic imine (C=N–C) groups is 1. The molecule has 0 bridgehead atoms. The molecule has 7 heteroatoms. The Labute approximate surface area is 148 Å². The molecule has 0 atom stereocenters. The van der Waals surface area contributed by atoms with Crippen LogP contribution in [-0.2, 0) is 0 Å². The number of fused-ring (bicyclic) bond motifs is 1. The summed E-state index contributed by atoms with van der Waals surface area (Å²) in [5.74, 6) is -0.711. The number of benzene rings is 2. The Morgan fingerprint density at radius 3 is 2.25 bits per heavy atom. The number of hydrogen-bond donors (Lipinski definition) is 0. The third-order valence-electron chi connectivity index (χ3n) is 3.56. The van der Waals surface area contributed by atoms with E-state index >= 15 is 0 Å². The highest BCUT2D eigenvalue weighted by Gasteiger charge is 2.39. The number of thioether (sulfide) groups is 1. The fraction of sp³-hybridized carbons (Fsp3) is 0.118. The first-order chi connectivity index (χ1) is 11.5. The number of carbonyl (C=O) groups excluding carboxylic acids is 2. The van der Waals surface area contributed by atoms with Gasteiger partial charge in [0.05, 0.1) is 16.8 Å². The summed E-state index contributed by atoms with van der Waals surface area (Å²) in [7, 11) is 1.64. The lowest BCUT2D eigenvalue weighted by Gasteiger charge is -2.27. The van der Waals surface area contributed by atoms with Gasteiger partial charge in [-0.05, 0) is 36.6 Å². The zero-order valence-electron chi connectivity index (χ0n) is 13.1. The second-order valence-electron chi connectivity index (χ2n) is 5.07. The molecule has 24 heavy (non-hydrogen) atoms. The second kappa shape index (κ2) is 6.67. The van der Waals surface area contributed by atoms with E-state index in [0.717, 1.165) is 5.01 Å². The van der Waals surface area contributed by atoms with Gasteiger partial charge in [-0.3, -0.25) is 14.6 Å². The number of carbonyl (C=O) groups is 2. The minimum Gasteiger partial charge on any atom is -0.267 e. The summed E-state index contributed by atoms with van der Waals surface area (Å²) in [6.45, 7) is 0. The standard InChI is InChI=1S/C17H14ClN3O2S/c1-20(17(24-2)19-12-7-5-6-11(18)10-12)21-15(22)13-8-3-4-9-14(13)16(21)23/h3-10H,1-2H3. The number of rotatable bonds is 2. The summed E-state index contributed by atoms with van der Waals surface area (Å²) in [6, 6.07) is 13.8. The molecule has 0 aromatic heterocycles. The van der Waals surface area contributed by atoms with Crippen LogP contribution in [0.15, 0.2) is 53.5 Å². The van der Waals surface area contributed by atoms with Gasteiger partial charge in [-0.2, -0.15) is 5.01 Å². The van der Waals surface area contributed by atoms with Crippen LogP contribution in [0.1, 0.15) is 20.7 Å². The SMILES string of the molecule is CSC(=Nc1cccc(Cl)c1)N(C)N1C(=O)c2ccccc2C1=O. The summed E-state index contributed by atoms with van der Waals surface area (Å²) in [5.41, 5.74) is 1.45. The van der Waals surface area contributed by atoms with E-state index in [1.807, 2.05) is 6.26 Å². The van der Waals surface area contributed by atoms with E-state index in [9.17, 15) is 9.59 Å². The fourth-order valence-electron chi connectivity index (χ4n) is 2.44. The van der Waals surface area contributed by atoms with Crippen LogP contribution in [0.2, 0.25) is 5.02 Å². The summed E-state index contributed by atoms with van der Waals surface area (Å²) in [4.78, 5) is 29.6. The van der Waals surface area contributed by atoms with Gasteiger partial charge in [0.25, 0.3) is 11.8 Å². The molecular weight excluding hydrogens is 346 g/mol. The molecule has 2 aromatic carbocycles. The monoisotopic (exact) mass is 359 g/mol. The molecule has 0 saturated carbocycles. The van der Waals surface area contributed by atoms with E-state index in [-0.39, 0.29) is 11.8 Å². The lowest BCUT2D eigenvalue weighted by molar-refractivity contribution is 0.0369. The van der Waals surface area contributed by atoms with E-state index in [2.05, 4.69) is 4.99 Å². The third kappa shape index (κ3) is 2.90. The Morgan fingerprint density at radius 2 is 1.71 bits per heavy atom. The van der Waals surface area contributed by atoms with Gasteiger partial charge in [0.2, 0.25) is 0 Å². The number of hydrazine groups is 1. The van der Waals surface area contributed by atoms with Gasteiger partial charge in [-0.1, -0.05) is 41.6 Å². The zero-order valence-corrected chi connectivity index (χ0v) is 14.6. The van der Waals surface area contributed by atoms with Crippen LogP contribution < -0.4 is 0 Å². The van der Waals surface area contributed by atoms with Crippen LogP contribution in [0.3, 0.4) is 0 Å². The molecule has 0 unspecified atom stereocenters. The van der Waals surface area contributed by atoms with E-state index in [1.165, 1.54) is 16.8 Å². The molecule has 0 aliphatic carbocycles. The minimum atomic E-state index is -0.356. The highest BCUT2D eigenvalue weighted by atomic mass is 35.5. The Balaban J connectivity index is 1.94. The summed E-state index contributed by atoms with van der Waals surface area (Å²) in [5, 5.41) is 3.65. The fourth-order valence-corrected chi connectivity index (χ4v) is 3.17. The molecule has 1 heterocycles. The maximum atomic E-state index is 12.6. The normalized spacial score (nSPS) is 14.1. The molecule has 1 aliphatic rings. The van der Waals surface area contributed by atoms with E-state index in [4.69, 9.17) is 11.6 Å². The first kappa shape index (κ1) is 16.5. The number of imide groups is 1. The number of amidine groups is 1. The summed E-state index contributed by atoms with van der Waals surface area (Å²) < 4.78 is 0. The Morgan fingerprint density at radius 1 is 1.08 bits per heavy atom. The molecule has 122 valence electrons. The van der Waals surface area contributed by atoms with Crippen LogP contribution in [0.4, 0.5) is 5.69 Å². The maximum absolute atomic E-state index is 12.6. The molecular formula is C17H14ClN3O2S. The van der Waals surface area contributed by atoms with Crippen LogP contribution >= 0.6 is 23.4 Å². The molecule has 0 radical (unpaired) electrons. The largest absolute Gasteiger partial charge is 0.280 e. The second-order valence-corrected chi connectivity index (χ2v) is 6.28. The average Bonchev–Trinajstić information content (AvgIpc) is 2.84. The van der Waals surface area contributed by atoms with Gasteiger partial charge in [-0.15, -0.1) is 0 Å². The van der Waals surface area contributed by atoms with Crippen molar-refractivity contribution < 1.29 is 9.59 Å². The predicted octanol–water partition coefficient (Wildman–Crippen LogP) is 3.83. The lowest BCUT2D eigenvalue weighted by Crippen LogP contribution is -2.46. The van der Waals surface area contributed by atoms with Crippen LogP contribution in [0.5, 0.6) is 0 Å². The van der Waals surface area contributed by atoms with Gasteiger partial charge in [-0.25, -0.2) is 4.99 Å². The van der Waals surface area contributed by atoms with Crippen molar-refractivity contribution in [1.82, 2.24) is 10.0 Å². The first-order valence-electron chi connectivity index (χ1n) is 7.12. The zero-order chi connectivity index (χ0) is 17.3. The van der Waals surface area contributed by atoms with Crippen molar-refractivity contribution in [3.8, 4) is 0 Å². The highest BCUT2D eigenvalue weighted by Crippen LogP contribution is 2.26. The summed E-state index contributed by atoms with van der Waals surface area (Å²) in [6.07, 6.45) is 1.83. The molecule has 0 saturated heterocycles. The molecule has 2 aromatic rings. The predicted molar refractivity (Wildman–Crippen MR) is 96.8 cm³/mol. The molecule has 5 nitrogen and oxygen atoms in total. The molecule has 0 N–H and O–H groups in total. The number of hydrogen-bond acceptors (Lipinski definition) is 4. The van der Waals surface area contributed by atoms with Crippen LogP contribution in [0.25, 0.3) is 0 Å². The van der Waals surface area contributed by atoms with Crippen molar-refractivity contribution in [2.75, 3.05) is 13.3 Å². The molecule has 0 fully saturated rings. The van der Waals surface area contributed by atoms with Crippen molar-refractivity contribution in [3.63, 3.8) is 0 Å².